The summed E-state index contributed by atoms with van der Waals surface area (Å²) >= 11 is 0. The number of hydrogen-bond donors (Lipinski definition) is 1. The van der Waals surface area contributed by atoms with Crippen molar-refractivity contribution in [2.75, 3.05) is 38.1 Å². The lowest BCUT2D eigenvalue weighted by atomic mass is 10.1. The molecule has 0 saturated carbocycles. The molecule has 106 valence electrons. The Hall–Kier alpha value is -1.36. The molecule has 1 aromatic heterocycles. The predicted octanol–water partition coefficient (Wildman–Crippen LogP) is 1.94. The zero-order chi connectivity index (χ0) is 13.7. The van der Waals surface area contributed by atoms with Crippen LogP contribution in [0.15, 0.2) is 6.07 Å². The summed E-state index contributed by atoms with van der Waals surface area (Å²) < 4.78 is 5.43. The van der Waals surface area contributed by atoms with Gasteiger partial charge in [-0.25, -0.2) is 4.98 Å². The molecule has 1 atom stereocenters. The Kier molecular flexibility index (Phi) is 4.96. The molecule has 1 unspecified atom stereocenters. The van der Waals surface area contributed by atoms with Crippen molar-refractivity contribution in [3.8, 4) is 5.88 Å². The van der Waals surface area contributed by atoms with Crippen molar-refractivity contribution in [3.63, 3.8) is 0 Å². The van der Waals surface area contributed by atoms with Crippen molar-refractivity contribution >= 4 is 5.82 Å². The number of rotatable bonds is 6. The van der Waals surface area contributed by atoms with E-state index in [4.69, 9.17) is 4.74 Å². The highest BCUT2D eigenvalue weighted by atomic mass is 16.5. The normalized spacial score (nSPS) is 19.6. The second-order valence-electron chi connectivity index (χ2n) is 5.00. The van der Waals surface area contributed by atoms with Crippen LogP contribution >= 0.6 is 0 Å². The van der Waals surface area contributed by atoms with Gasteiger partial charge >= 0.3 is 0 Å². The summed E-state index contributed by atoms with van der Waals surface area (Å²) in [5, 5.41) is 3.41. The molecule has 1 aliphatic rings. The first-order valence-corrected chi connectivity index (χ1v) is 7.16. The average Bonchev–Trinajstić information content (AvgIpc) is 2.84. The minimum absolute atomic E-state index is 0.629. The molecular formula is C14H24N4O. The molecule has 0 spiro atoms. The summed E-state index contributed by atoms with van der Waals surface area (Å²) in [4.78, 5) is 11.1. The number of aryl methyl sites for hydroxylation is 1. The fourth-order valence-electron chi connectivity index (χ4n) is 2.47. The first kappa shape index (κ1) is 14.1. The van der Waals surface area contributed by atoms with Gasteiger partial charge < -0.3 is 15.0 Å². The van der Waals surface area contributed by atoms with Crippen LogP contribution < -0.4 is 10.1 Å². The molecule has 19 heavy (non-hydrogen) atoms. The van der Waals surface area contributed by atoms with Crippen LogP contribution in [0.4, 0.5) is 5.82 Å². The second-order valence-corrected chi connectivity index (χ2v) is 5.00. The Morgan fingerprint density at radius 1 is 1.42 bits per heavy atom. The van der Waals surface area contributed by atoms with Crippen LogP contribution in [0, 0.1) is 12.8 Å². The average molecular weight is 264 g/mol. The van der Waals surface area contributed by atoms with Gasteiger partial charge in [0.15, 0.2) is 0 Å². The Bertz CT molecular complexity index is 410. The number of hydrogen-bond acceptors (Lipinski definition) is 5. The summed E-state index contributed by atoms with van der Waals surface area (Å²) in [7, 11) is 0. The second kappa shape index (κ2) is 6.70. The van der Waals surface area contributed by atoms with E-state index in [1.165, 1.54) is 19.5 Å². The van der Waals surface area contributed by atoms with E-state index < -0.39 is 0 Å². The largest absolute Gasteiger partial charge is 0.478 e. The standard InChI is InChI=1S/C14H24N4O/c1-4-18-7-6-12(10-18)9-15-13-8-14(19-5-2)17-11(3)16-13/h8,12H,4-7,9-10H2,1-3H3,(H,15,16,17). The fourth-order valence-corrected chi connectivity index (χ4v) is 2.47. The van der Waals surface area contributed by atoms with E-state index in [0.717, 1.165) is 24.7 Å². The Labute approximate surface area is 115 Å². The van der Waals surface area contributed by atoms with Crippen LogP contribution in [0.2, 0.25) is 0 Å². The molecule has 1 fully saturated rings. The molecule has 1 N–H and O–H groups in total. The third kappa shape index (κ3) is 4.06. The molecule has 1 aromatic rings. The summed E-state index contributed by atoms with van der Waals surface area (Å²) in [6.45, 7) is 11.2. The van der Waals surface area contributed by atoms with Crippen molar-refractivity contribution in [2.45, 2.75) is 27.2 Å². The number of likely N-dealkylation sites (tertiary alicyclic amines) is 1. The molecule has 0 aromatic carbocycles. The zero-order valence-electron chi connectivity index (χ0n) is 12.1. The first-order valence-electron chi connectivity index (χ1n) is 7.16. The molecule has 2 rings (SSSR count). The van der Waals surface area contributed by atoms with Crippen molar-refractivity contribution in [3.05, 3.63) is 11.9 Å². The van der Waals surface area contributed by atoms with Gasteiger partial charge in [-0.1, -0.05) is 6.92 Å². The highest BCUT2D eigenvalue weighted by molar-refractivity contribution is 5.38. The molecular weight excluding hydrogens is 240 g/mol. The molecule has 0 amide bonds. The number of aromatic nitrogens is 2. The third-order valence-electron chi connectivity index (χ3n) is 3.50. The number of nitrogens with one attached hydrogen (secondary N) is 1. The summed E-state index contributed by atoms with van der Waals surface area (Å²) in [5.41, 5.74) is 0. The van der Waals surface area contributed by atoms with Crippen LogP contribution in [-0.2, 0) is 0 Å². The van der Waals surface area contributed by atoms with Gasteiger partial charge in [-0.15, -0.1) is 0 Å². The highest BCUT2D eigenvalue weighted by Gasteiger charge is 2.20. The minimum atomic E-state index is 0.629. The van der Waals surface area contributed by atoms with Gasteiger partial charge in [-0.05, 0) is 39.3 Å². The zero-order valence-corrected chi connectivity index (χ0v) is 12.1. The monoisotopic (exact) mass is 264 g/mol. The van der Waals surface area contributed by atoms with Crippen LogP contribution in [0.25, 0.3) is 0 Å². The molecule has 5 heteroatoms. The van der Waals surface area contributed by atoms with Gasteiger partial charge in [0.1, 0.15) is 11.6 Å². The van der Waals surface area contributed by atoms with Gasteiger partial charge in [0.2, 0.25) is 5.88 Å². The van der Waals surface area contributed by atoms with Crippen molar-refractivity contribution in [1.29, 1.82) is 0 Å². The topological polar surface area (TPSA) is 50.3 Å². The number of nitrogens with zero attached hydrogens (tertiary/aromatic N) is 3. The van der Waals surface area contributed by atoms with Crippen LogP contribution in [0.3, 0.4) is 0 Å². The molecule has 2 heterocycles. The number of ether oxygens (including phenoxy) is 1. The maximum atomic E-state index is 5.43. The van der Waals surface area contributed by atoms with Gasteiger partial charge in [0, 0.05) is 19.2 Å². The Morgan fingerprint density at radius 2 is 2.26 bits per heavy atom. The van der Waals surface area contributed by atoms with E-state index in [1.807, 2.05) is 19.9 Å². The van der Waals surface area contributed by atoms with Crippen LogP contribution in [-0.4, -0.2) is 47.7 Å². The van der Waals surface area contributed by atoms with Gasteiger partial charge in [0.25, 0.3) is 0 Å². The Morgan fingerprint density at radius 3 is 2.95 bits per heavy atom. The summed E-state index contributed by atoms with van der Waals surface area (Å²) in [5.74, 6) is 2.98. The lowest BCUT2D eigenvalue weighted by Crippen LogP contribution is -2.22. The predicted molar refractivity (Wildman–Crippen MR) is 76.6 cm³/mol. The van der Waals surface area contributed by atoms with E-state index in [0.29, 0.717) is 18.4 Å². The van der Waals surface area contributed by atoms with E-state index in [9.17, 15) is 0 Å². The molecule has 0 radical (unpaired) electrons. The van der Waals surface area contributed by atoms with E-state index >= 15 is 0 Å². The third-order valence-corrected chi connectivity index (χ3v) is 3.50. The molecule has 1 saturated heterocycles. The summed E-state index contributed by atoms with van der Waals surface area (Å²) in [6.07, 6.45) is 1.27. The van der Waals surface area contributed by atoms with E-state index in [-0.39, 0.29) is 0 Å². The lowest BCUT2D eigenvalue weighted by Gasteiger charge is -2.14. The lowest BCUT2D eigenvalue weighted by molar-refractivity contribution is 0.325. The fraction of sp³-hybridized carbons (Fsp3) is 0.714. The SMILES string of the molecule is CCOc1cc(NCC2CCN(CC)C2)nc(C)n1. The number of anilines is 1. The maximum absolute atomic E-state index is 5.43. The first-order chi connectivity index (χ1) is 9.21. The molecule has 0 bridgehead atoms. The van der Waals surface area contributed by atoms with E-state index in [2.05, 4.69) is 27.1 Å². The van der Waals surface area contributed by atoms with Crippen LogP contribution in [0.5, 0.6) is 5.88 Å². The van der Waals surface area contributed by atoms with Gasteiger partial charge in [-0.3, -0.25) is 0 Å². The van der Waals surface area contributed by atoms with E-state index in [1.54, 1.807) is 0 Å². The van der Waals surface area contributed by atoms with Gasteiger partial charge in [0.05, 0.1) is 6.61 Å². The highest BCUT2D eigenvalue weighted by Crippen LogP contribution is 2.18. The van der Waals surface area contributed by atoms with Crippen molar-refractivity contribution < 1.29 is 4.74 Å². The smallest absolute Gasteiger partial charge is 0.218 e. The quantitative estimate of drug-likeness (QED) is 0.851. The van der Waals surface area contributed by atoms with Crippen molar-refractivity contribution in [2.24, 2.45) is 5.92 Å². The van der Waals surface area contributed by atoms with Gasteiger partial charge in [-0.2, -0.15) is 4.98 Å². The molecule has 0 aliphatic carbocycles. The van der Waals surface area contributed by atoms with Crippen molar-refractivity contribution in [1.82, 2.24) is 14.9 Å². The summed E-state index contributed by atoms with van der Waals surface area (Å²) in [6, 6.07) is 1.88. The molecule has 5 nitrogen and oxygen atoms in total. The maximum Gasteiger partial charge on any atom is 0.218 e. The van der Waals surface area contributed by atoms with Crippen LogP contribution in [0.1, 0.15) is 26.1 Å². The Balaban J connectivity index is 1.88. The minimum Gasteiger partial charge on any atom is -0.478 e. The molecule has 1 aliphatic heterocycles.